The molecule has 0 aromatic rings. The fraction of sp³-hybridized carbons (Fsp3) is 0.800. The Morgan fingerprint density at radius 2 is 2.00 bits per heavy atom. The quantitative estimate of drug-likeness (QED) is 0.700. The van der Waals surface area contributed by atoms with Crippen LogP contribution in [0.1, 0.15) is 19.8 Å². The van der Waals surface area contributed by atoms with Crippen LogP contribution in [0.25, 0.3) is 0 Å². The summed E-state index contributed by atoms with van der Waals surface area (Å²) in [6.45, 7) is 8.67. The molecule has 1 atom stereocenters. The maximum Gasteiger partial charge on any atom is 0.160 e. The van der Waals surface area contributed by atoms with Gasteiger partial charge >= 0.3 is 0 Å². The van der Waals surface area contributed by atoms with Crippen LogP contribution in [0.2, 0.25) is 19.6 Å². The molecule has 1 aliphatic heterocycles. The van der Waals surface area contributed by atoms with Gasteiger partial charge in [0.2, 0.25) is 0 Å². The largest absolute Gasteiger partial charge is 0.228 e. The van der Waals surface area contributed by atoms with Crippen LogP contribution in [0, 0.1) is 0 Å². The van der Waals surface area contributed by atoms with Crippen molar-refractivity contribution in [3.63, 3.8) is 0 Å². The molecule has 0 fully saturated rings. The first-order valence-electron chi connectivity index (χ1n) is 5.20. The molecular weight excluding hydrogens is 212 g/mol. The van der Waals surface area contributed by atoms with E-state index < -0.39 is 17.9 Å². The fourth-order valence-corrected chi connectivity index (χ4v) is 6.58. The maximum atomic E-state index is 11.8. The third kappa shape index (κ3) is 2.48. The summed E-state index contributed by atoms with van der Waals surface area (Å²) in [5.41, 5.74) is 0. The highest BCUT2D eigenvalue weighted by Gasteiger charge is 2.35. The van der Waals surface area contributed by atoms with Crippen LogP contribution in [-0.2, 0) is 9.84 Å². The van der Waals surface area contributed by atoms with E-state index in [1.54, 1.807) is 0 Å². The molecular formula is C10H20O2SSi. The first-order valence-corrected chi connectivity index (χ1v) is 10.4. The van der Waals surface area contributed by atoms with Crippen molar-refractivity contribution in [2.24, 2.45) is 0 Å². The van der Waals surface area contributed by atoms with Crippen LogP contribution in [-0.4, -0.2) is 27.5 Å². The lowest BCUT2D eigenvalue weighted by atomic mass is 10.2. The third-order valence-corrected chi connectivity index (χ3v) is 7.28. The molecule has 0 amide bonds. The Balaban J connectivity index is 2.92. The van der Waals surface area contributed by atoms with E-state index in [4.69, 9.17) is 0 Å². The molecule has 0 aliphatic carbocycles. The van der Waals surface area contributed by atoms with Crippen LogP contribution in [0.5, 0.6) is 0 Å². The third-order valence-electron chi connectivity index (χ3n) is 2.74. The summed E-state index contributed by atoms with van der Waals surface area (Å²) >= 11 is 0. The smallest absolute Gasteiger partial charge is 0.160 e. The summed E-state index contributed by atoms with van der Waals surface area (Å²) in [7, 11) is -4.24. The molecule has 0 radical (unpaired) electrons. The standard InChI is InChI=1S/C10H20O2SSi/c1-5-6-9-7-10(14(2,3)4)8-13(9,11)12/h7,9H,5-6,8H2,1-4H3. The zero-order chi connectivity index (χ0) is 11.0. The Kier molecular flexibility index (Phi) is 3.26. The fourth-order valence-electron chi connectivity index (χ4n) is 1.71. The molecule has 1 heterocycles. The highest BCUT2D eigenvalue weighted by molar-refractivity contribution is 7.92. The van der Waals surface area contributed by atoms with Gasteiger partial charge in [-0.3, -0.25) is 0 Å². The van der Waals surface area contributed by atoms with E-state index in [0.29, 0.717) is 5.75 Å². The topological polar surface area (TPSA) is 34.1 Å². The molecule has 1 unspecified atom stereocenters. The maximum absolute atomic E-state index is 11.8. The zero-order valence-electron chi connectivity index (χ0n) is 9.50. The van der Waals surface area contributed by atoms with Crippen LogP contribution in [0.4, 0.5) is 0 Å². The van der Waals surface area contributed by atoms with E-state index in [-0.39, 0.29) is 5.25 Å². The molecule has 0 spiro atoms. The molecule has 4 heteroatoms. The summed E-state index contributed by atoms with van der Waals surface area (Å²) in [5, 5.41) is 1.03. The lowest BCUT2D eigenvalue weighted by molar-refractivity contribution is 0.589. The van der Waals surface area contributed by atoms with Gasteiger partial charge in [-0.05, 0) is 6.42 Å². The second-order valence-electron chi connectivity index (χ2n) is 5.08. The first kappa shape index (κ1) is 12.0. The summed E-state index contributed by atoms with van der Waals surface area (Å²) in [5.74, 6) is 0.327. The Hall–Kier alpha value is -0.0931. The molecule has 2 nitrogen and oxygen atoms in total. The molecule has 1 aliphatic rings. The van der Waals surface area contributed by atoms with Gasteiger partial charge in [-0.15, -0.1) is 0 Å². The summed E-state index contributed by atoms with van der Waals surface area (Å²) in [6, 6.07) is 0. The van der Waals surface area contributed by atoms with Crippen molar-refractivity contribution in [3.05, 3.63) is 11.3 Å². The second kappa shape index (κ2) is 3.81. The number of hydrogen-bond acceptors (Lipinski definition) is 2. The molecule has 0 saturated carbocycles. The normalized spacial score (nSPS) is 26.3. The van der Waals surface area contributed by atoms with E-state index in [0.717, 1.165) is 12.8 Å². The summed E-state index contributed by atoms with van der Waals surface area (Å²) in [4.78, 5) is 0. The van der Waals surface area contributed by atoms with Gasteiger partial charge in [0.05, 0.1) is 19.1 Å². The van der Waals surface area contributed by atoms with Crippen molar-refractivity contribution < 1.29 is 8.42 Å². The van der Waals surface area contributed by atoms with Crippen LogP contribution < -0.4 is 0 Å². The van der Waals surface area contributed by atoms with Crippen molar-refractivity contribution in [1.29, 1.82) is 0 Å². The molecule has 14 heavy (non-hydrogen) atoms. The Morgan fingerprint density at radius 1 is 1.43 bits per heavy atom. The average Bonchev–Trinajstić information content (AvgIpc) is 2.27. The van der Waals surface area contributed by atoms with Crippen LogP contribution >= 0.6 is 0 Å². The van der Waals surface area contributed by atoms with Crippen molar-refractivity contribution in [2.75, 3.05) is 5.75 Å². The van der Waals surface area contributed by atoms with Gasteiger partial charge in [-0.1, -0.05) is 44.3 Å². The SMILES string of the molecule is CCCC1C=C([Si](C)(C)C)CS1(=O)=O. The van der Waals surface area contributed by atoms with Crippen molar-refractivity contribution >= 4 is 17.9 Å². The van der Waals surface area contributed by atoms with Gasteiger partial charge in [0.15, 0.2) is 9.84 Å². The lowest BCUT2D eigenvalue weighted by Gasteiger charge is -2.16. The highest BCUT2D eigenvalue weighted by atomic mass is 32.2. The molecule has 0 saturated heterocycles. The van der Waals surface area contributed by atoms with Gasteiger partial charge in [0.25, 0.3) is 0 Å². The molecule has 0 bridgehead atoms. The molecule has 1 rings (SSSR count). The zero-order valence-corrected chi connectivity index (χ0v) is 11.3. The van der Waals surface area contributed by atoms with E-state index in [2.05, 4.69) is 19.6 Å². The van der Waals surface area contributed by atoms with Crippen LogP contribution in [0.3, 0.4) is 0 Å². The Bertz CT molecular complexity index is 336. The van der Waals surface area contributed by atoms with E-state index in [9.17, 15) is 8.42 Å². The minimum Gasteiger partial charge on any atom is -0.228 e. The van der Waals surface area contributed by atoms with Gasteiger partial charge in [-0.2, -0.15) is 0 Å². The number of rotatable bonds is 3. The average molecular weight is 232 g/mol. The van der Waals surface area contributed by atoms with Crippen molar-refractivity contribution in [1.82, 2.24) is 0 Å². The predicted molar refractivity (Wildman–Crippen MR) is 63.9 cm³/mol. The van der Waals surface area contributed by atoms with Crippen LogP contribution in [0.15, 0.2) is 11.3 Å². The summed E-state index contributed by atoms with van der Waals surface area (Å²) < 4.78 is 23.6. The number of hydrogen-bond donors (Lipinski definition) is 0. The number of sulfone groups is 1. The summed E-state index contributed by atoms with van der Waals surface area (Å²) in [6.07, 6.45) is 3.76. The second-order valence-corrected chi connectivity index (χ2v) is 12.4. The minimum absolute atomic E-state index is 0.186. The molecule has 0 aromatic heterocycles. The van der Waals surface area contributed by atoms with Gasteiger partial charge in [0, 0.05) is 0 Å². The monoisotopic (exact) mass is 232 g/mol. The lowest BCUT2D eigenvalue weighted by Crippen LogP contribution is -2.26. The molecule has 82 valence electrons. The van der Waals surface area contributed by atoms with E-state index in [1.807, 2.05) is 13.0 Å². The molecule has 0 N–H and O–H groups in total. The van der Waals surface area contributed by atoms with Gasteiger partial charge in [0.1, 0.15) is 0 Å². The predicted octanol–water partition coefficient (Wildman–Crippen LogP) is 2.39. The van der Waals surface area contributed by atoms with Gasteiger partial charge < -0.3 is 0 Å². The van der Waals surface area contributed by atoms with E-state index >= 15 is 0 Å². The Morgan fingerprint density at radius 3 is 2.36 bits per heavy atom. The Labute approximate surface area is 88.3 Å². The molecule has 0 aromatic carbocycles. The van der Waals surface area contributed by atoms with Gasteiger partial charge in [-0.25, -0.2) is 8.42 Å². The van der Waals surface area contributed by atoms with Crippen molar-refractivity contribution in [2.45, 2.75) is 44.7 Å². The van der Waals surface area contributed by atoms with E-state index in [1.165, 1.54) is 5.20 Å². The highest BCUT2D eigenvalue weighted by Crippen LogP contribution is 2.28. The minimum atomic E-state index is -2.84. The first-order chi connectivity index (χ1) is 6.27. The van der Waals surface area contributed by atoms with Crippen molar-refractivity contribution in [3.8, 4) is 0 Å².